The maximum Gasteiger partial charge on any atom is 0.524 e. The van der Waals surface area contributed by atoms with E-state index < -0.39 is 55.7 Å². The van der Waals surface area contributed by atoms with Crippen LogP contribution < -0.4 is 41.2 Å². The molecule has 3 heterocycles. The van der Waals surface area contributed by atoms with E-state index in [0.29, 0.717) is 57.0 Å². The molecule has 4 atom stereocenters. The number of ether oxygens (including phenoxy) is 3. The third kappa shape index (κ3) is 15.2. The number of rotatable bonds is 25. The topological polar surface area (TPSA) is 303 Å². The zero-order valence-electron chi connectivity index (χ0n) is 47.2. The van der Waals surface area contributed by atoms with Gasteiger partial charge in [-0.05, 0) is 70.5 Å². The van der Waals surface area contributed by atoms with Crippen molar-refractivity contribution in [2.45, 2.75) is 57.6 Å². The highest BCUT2D eigenvalue weighted by Gasteiger charge is 2.39. The number of urea groups is 1. The summed E-state index contributed by atoms with van der Waals surface area (Å²) >= 11 is 14.1. The molecule has 0 unspecified atom stereocenters. The molecule has 0 radical (unpaired) electrons. The molecule has 26 heteroatoms. The van der Waals surface area contributed by atoms with Gasteiger partial charge in [-0.25, -0.2) is 18.9 Å². The summed E-state index contributed by atoms with van der Waals surface area (Å²) in [6, 6.07) is 25.6. The second-order valence-electron chi connectivity index (χ2n) is 21.1. The monoisotopic (exact) mass is 1240 g/mol. The highest BCUT2D eigenvalue weighted by Crippen LogP contribution is 2.50. The number of halogens is 2. The Labute approximate surface area is 504 Å². The van der Waals surface area contributed by atoms with Crippen LogP contribution in [0.3, 0.4) is 0 Å². The molecular formula is C59H67Cl2N8O14PS. The first-order valence-electron chi connectivity index (χ1n) is 27.4. The summed E-state index contributed by atoms with van der Waals surface area (Å²) in [7, 11) is -1.99. The fourth-order valence-corrected chi connectivity index (χ4v) is 12.2. The standard InChI is InChI=1S/C59H67Cl2N8O14PS/c1-34(2)53(62)46(70)26-36(10-9-21-64-57(63)74)54(71)65-39-17-15-35(16-18-39)33-81-58(75)66(3)22-23-67(24-25-80-4)59(76)82-47-27-44-51(42-13-7-5-11-40(42)47)37(29-60)31-68(44)55(72)49-19-20-50(85-49)56(73)69-32-38(30-61)52-43-14-8-6-12-41(43)48(28-45(52)69)83-84(77,78)79/h5-8,11-20,27-28,34,36-38,53H,9-10,21-26,29-33,62H2,1-4H3,(H,65,71)(H3,63,64,74)(H2,77,78,79)/t36-,37-,38-,53+/m1/s1. The first-order chi connectivity index (χ1) is 40.6. The van der Waals surface area contributed by atoms with Gasteiger partial charge in [-0.15, -0.1) is 34.5 Å². The summed E-state index contributed by atoms with van der Waals surface area (Å²) in [6.07, 6.45) is -0.806. The van der Waals surface area contributed by atoms with E-state index in [2.05, 4.69) is 10.6 Å². The summed E-state index contributed by atoms with van der Waals surface area (Å²) in [6.45, 7) is 4.38. The highest BCUT2D eigenvalue weighted by molar-refractivity contribution is 7.46. The number of Topliss-reactive ketones (excluding diaryl/α,β-unsaturated/α-hetero) is 1. The van der Waals surface area contributed by atoms with Crippen LogP contribution in [0.15, 0.2) is 97.1 Å². The fraction of sp³-hybridized carbons (Fsp3) is 0.373. The van der Waals surface area contributed by atoms with Crippen molar-refractivity contribution < 1.29 is 66.6 Å². The number of methoxy groups -OCH3 is 1. The van der Waals surface area contributed by atoms with E-state index in [1.165, 1.54) is 34.9 Å². The highest BCUT2D eigenvalue weighted by atomic mass is 35.5. The number of nitrogens with zero attached hydrogens (tertiary/aromatic N) is 4. The van der Waals surface area contributed by atoms with Crippen molar-refractivity contribution in [3.63, 3.8) is 0 Å². The van der Waals surface area contributed by atoms with Gasteiger partial charge in [0.05, 0.1) is 33.8 Å². The largest absolute Gasteiger partial charge is 0.524 e. The van der Waals surface area contributed by atoms with Crippen molar-refractivity contribution in [1.29, 1.82) is 0 Å². The van der Waals surface area contributed by atoms with Gasteiger partial charge in [0.1, 0.15) is 18.1 Å². The Morgan fingerprint density at radius 3 is 1.86 bits per heavy atom. The smallest absolute Gasteiger partial charge is 0.445 e. The number of nitrogens with two attached hydrogens (primary N) is 2. The number of ketones is 1. The number of hydrogen-bond donors (Lipinski definition) is 6. The third-order valence-electron chi connectivity index (χ3n) is 14.9. The molecule has 0 saturated heterocycles. The number of carbonyl (C=O) groups is 7. The number of phosphoric ester groups is 1. The second kappa shape index (κ2) is 28.2. The Hall–Kier alpha value is -7.34. The molecule has 0 aliphatic carbocycles. The molecule has 0 fully saturated rings. The summed E-state index contributed by atoms with van der Waals surface area (Å²) < 4.78 is 34.3. The first-order valence-corrected chi connectivity index (χ1v) is 30.8. The van der Waals surface area contributed by atoms with Crippen molar-refractivity contribution >= 4 is 123 Å². The molecule has 6 aromatic rings. The van der Waals surface area contributed by atoms with Crippen LogP contribution in [0.1, 0.15) is 81.0 Å². The molecule has 0 spiro atoms. The minimum Gasteiger partial charge on any atom is -0.445 e. The molecular weight excluding hydrogens is 1180 g/mol. The molecule has 2 aliphatic heterocycles. The molecule has 452 valence electrons. The third-order valence-corrected chi connectivity index (χ3v) is 17.2. The van der Waals surface area contributed by atoms with Crippen molar-refractivity contribution in [1.82, 2.24) is 15.1 Å². The number of nitrogens with one attached hydrogen (secondary N) is 2. The number of alkyl halides is 2. The summed E-state index contributed by atoms with van der Waals surface area (Å²) in [4.78, 5) is 120. The lowest BCUT2D eigenvalue weighted by atomic mass is 9.90. The van der Waals surface area contributed by atoms with Crippen molar-refractivity contribution in [3.05, 3.63) is 124 Å². The van der Waals surface area contributed by atoms with Gasteiger partial charge in [0.15, 0.2) is 5.78 Å². The number of amides is 7. The van der Waals surface area contributed by atoms with E-state index in [0.717, 1.165) is 22.5 Å². The molecule has 5 aromatic carbocycles. The van der Waals surface area contributed by atoms with E-state index in [9.17, 15) is 47.9 Å². The van der Waals surface area contributed by atoms with Crippen LogP contribution in [-0.4, -0.2) is 139 Å². The van der Waals surface area contributed by atoms with E-state index in [1.807, 2.05) is 26.0 Å². The minimum atomic E-state index is -5.00. The summed E-state index contributed by atoms with van der Waals surface area (Å²) in [5.41, 5.74) is 14.6. The molecule has 85 heavy (non-hydrogen) atoms. The van der Waals surface area contributed by atoms with Crippen LogP contribution in [0, 0.1) is 11.8 Å². The van der Waals surface area contributed by atoms with Crippen molar-refractivity contribution in [3.8, 4) is 11.5 Å². The van der Waals surface area contributed by atoms with Crippen LogP contribution in [0.5, 0.6) is 11.5 Å². The maximum atomic E-state index is 14.7. The number of carbonyl (C=O) groups excluding carboxylic acids is 7. The van der Waals surface area contributed by atoms with E-state index in [4.69, 9.17) is 53.4 Å². The van der Waals surface area contributed by atoms with Gasteiger partial charge in [-0.1, -0.05) is 74.5 Å². The van der Waals surface area contributed by atoms with Gasteiger partial charge in [0, 0.05) is 118 Å². The summed E-state index contributed by atoms with van der Waals surface area (Å²) in [5.74, 6) is -2.65. The maximum absolute atomic E-state index is 14.7. The second-order valence-corrected chi connectivity index (χ2v) is 23.9. The zero-order valence-corrected chi connectivity index (χ0v) is 50.4. The van der Waals surface area contributed by atoms with Gasteiger partial charge >= 0.3 is 26.0 Å². The predicted molar refractivity (Wildman–Crippen MR) is 325 cm³/mol. The van der Waals surface area contributed by atoms with Gasteiger partial charge in [0.25, 0.3) is 11.8 Å². The number of benzene rings is 5. The Morgan fingerprint density at radius 2 is 1.33 bits per heavy atom. The van der Waals surface area contributed by atoms with Crippen LogP contribution in [0.4, 0.5) is 31.4 Å². The zero-order chi connectivity index (χ0) is 61.3. The van der Waals surface area contributed by atoms with Gasteiger partial charge < -0.3 is 60.4 Å². The average Bonchev–Trinajstić information content (AvgIpc) is 2.05. The van der Waals surface area contributed by atoms with Crippen molar-refractivity contribution in [2.24, 2.45) is 23.3 Å². The number of primary amides is 1. The SMILES string of the molecule is COCCN(CCN(C)C(=O)OCc1ccc(NC(=O)[C@H](CCCNC(N)=O)CC(=O)[C@@H](N)C(C)C)cc1)C(=O)Oc1cc2c(c3ccccc13)[C@H](CCl)CN2C(=O)c1ccc(C(=O)N2C[C@@H](CCl)c3c2cc(OP(=O)(O)O)c2ccccc32)s1. The van der Waals surface area contributed by atoms with Crippen LogP contribution >= 0.6 is 42.4 Å². The lowest BCUT2D eigenvalue weighted by molar-refractivity contribution is -0.127. The Balaban J connectivity index is 0.924. The van der Waals surface area contributed by atoms with E-state index in [1.54, 1.807) is 83.8 Å². The quantitative estimate of drug-likeness (QED) is 0.0177. The molecule has 7 amide bonds. The first kappa shape index (κ1) is 63.7. The summed E-state index contributed by atoms with van der Waals surface area (Å²) in [5, 5.41) is 7.69. The molecule has 8 rings (SSSR count). The Kier molecular flexibility index (Phi) is 21.2. The Bertz CT molecular complexity index is 3530. The molecule has 22 nitrogen and oxygen atoms in total. The fourth-order valence-electron chi connectivity index (χ4n) is 10.4. The van der Waals surface area contributed by atoms with Crippen LogP contribution in [-0.2, 0) is 30.2 Å². The van der Waals surface area contributed by atoms with Crippen LogP contribution in [0.2, 0.25) is 0 Å². The number of fused-ring (bicyclic) bond motifs is 6. The van der Waals surface area contributed by atoms with Crippen LogP contribution in [0.25, 0.3) is 21.5 Å². The molecule has 1 aromatic heterocycles. The number of likely N-dealkylation sites (N-methyl/N-ethyl adjacent to an activating group) is 1. The number of hydrogen-bond acceptors (Lipinski definition) is 14. The van der Waals surface area contributed by atoms with Gasteiger partial charge in [0.2, 0.25) is 5.91 Å². The van der Waals surface area contributed by atoms with E-state index >= 15 is 0 Å². The molecule has 8 N–H and O–H groups in total. The lowest BCUT2D eigenvalue weighted by Crippen LogP contribution is -2.42. The molecule has 0 bridgehead atoms. The predicted octanol–water partition coefficient (Wildman–Crippen LogP) is 9.15. The number of phosphoric acid groups is 1. The molecule has 0 saturated carbocycles. The van der Waals surface area contributed by atoms with E-state index in [-0.39, 0.29) is 115 Å². The normalized spacial score (nSPS) is 15.3. The van der Waals surface area contributed by atoms with Crippen molar-refractivity contribution in [2.75, 3.05) is 86.9 Å². The minimum absolute atomic E-state index is 0.00948. The molecule has 2 aliphatic rings. The number of thiophene rings is 1. The number of anilines is 3. The lowest BCUT2D eigenvalue weighted by Gasteiger charge is -2.25. The van der Waals surface area contributed by atoms with Gasteiger partial charge in [-0.2, -0.15) is 0 Å². The Morgan fingerprint density at radius 1 is 0.776 bits per heavy atom. The van der Waals surface area contributed by atoms with Gasteiger partial charge in [-0.3, -0.25) is 29.0 Å². The average molecular weight is 1250 g/mol.